The average molecular weight is 305 g/mol. The molecule has 1 N–H and O–H groups in total. The number of aryl methyl sites for hydroxylation is 1. The number of hydrogen-bond acceptors (Lipinski definition) is 2. The summed E-state index contributed by atoms with van der Waals surface area (Å²) in [5.74, 6) is 0.00468. The van der Waals surface area contributed by atoms with E-state index in [0.717, 1.165) is 22.4 Å². The number of carbonyl (C=O) groups is 1. The van der Waals surface area contributed by atoms with Crippen molar-refractivity contribution in [2.75, 3.05) is 7.05 Å². The smallest absolute Gasteiger partial charge is 0.254 e. The number of carbonyl (C=O) groups excluding carboxylic acids is 1. The summed E-state index contributed by atoms with van der Waals surface area (Å²) in [7, 11) is 1.82. The number of aromatic nitrogens is 2. The third-order valence-corrected chi connectivity index (χ3v) is 3.93. The number of amides is 1. The Morgan fingerprint density at radius 2 is 1.78 bits per heavy atom. The second-order valence-electron chi connectivity index (χ2n) is 5.59. The number of aromatic amines is 1. The van der Waals surface area contributed by atoms with Gasteiger partial charge in [-0.3, -0.25) is 9.89 Å². The van der Waals surface area contributed by atoms with Crippen molar-refractivity contribution in [2.24, 2.45) is 0 Å². The standard InChI is InChI=1S/C19H19N3O/c1-14-16(12-20-21-14)13-22(2)19(23)18-11-7-6-10-17(18)15-8-4-3-5-9-15/h3-12H,13H2,1-2H3,(H,20,21). The van der Waals surface area contributed by atoms with E-state index in [1.807, 2.05) is 68.6 Å². The molecule has 0 fully saturated rings. The van der Waals surface area contributed by atoms with Gasteiger partial charge >= 0.3 is 0 Å². The zero-order valence-corrected chi connectivity index (χ0v) is 13.3. The van der Waals surface area contributed by atoms with Crippen LogP contribution in [0.15, 0.2) is 60.8 Å². The lowest BCUT2D eigenvalue weighted by molar-refractivity contribution is 0.0785. The van der Waals surface area contributed by atoms with E-state index >= 15 is 0 Å². The monoisotopic (exact) mass is 305 g/mol. The first kappa shape index (κ1) is 15.0. The Labute approximate surface area is 135 Å². The van der Waals surface area contributed by atoms with Crippen LogP contribution in [-0.4, -0.2) is 28.1 Å². The molecule has 3 aromatic rings. The molecule has 0 bridgehead atoms. The van der Waals surface area contributed by atoms with Gasteiger partial charge in [-0.05, 0) is 24.1 Å². The van der Waals surface area contributed by atoms with Gasteiger partial charge in [0, 0.05) is 30.4 Å². The van der Waals surface area contributed by atoms with E-state index in [2.05, 4.69) is 10.2 Å². The highest BCUT2D eigenvalue weighted by molar-refractivity contribution is 6.00. The summed E-state index contributed by atoms with van der Waals surface area (Å²) < 4.78 is 0. The summed E-state index contributed by atoms with van der Waals surface area (Å²) in [5, 5.41) is 6.91. The third-order valence-electron chi connectivity index (χ3n) is 3.93. The van der Waals surface area contributed by atoms with Crippen LogP contribution in [-0.2, 0) is 6.54 Å². The molecule has 2 aromatic carbocycles. The predicted octanol–water partition coefficient (Wildman–Crippen LogP) is 3.66. The van der Waals surface area contributed by atoms with Crippen molar-refractivity contribution < 1.29 is 4.79 Å². The highest BCUT2D eigenvalue weighted by atomic mass is 16.2. The number of hydrogen-bond donors (Lipinski definition) is 1. The van der Waals surface area contributed by atoms with Crippen LogP contribution in [0.5, 0.6) is 0 Å². The summed E-state index contributed by atoms with van der Waals surface area (Å²) in [6.07, 6.45) is 1.77. The Balaban J connectivity index is 1.89. The maximum absolute atomic E-state index is 12.9. The van der Waals surface area contributed by atoms with Gasteiger partial charge in [-0.1, -0.05) is 48.5 Å². The van der Waals surface area contributed by atoms with Crippen molar-refractivity contribution in [3.8, 4) is 11.1 Å². The predicted molar refractivity (Wildman–Crippen MR) is 91.0 cm³/mol. The molecule has 0 saturated heterocycles. The minimum Gasteiger partial charge on any atom is -0.337 e. The molecule has 0 unspecified atom stereocenters. The number of rotatable bonds is 4. The van der Waals surface area contributed by atoms with Gasteiger partial charge in [-0.2, -0.15) is 5.10 Å². The Hall–Kier alpha value is -2.88. The molecule has 1 amide bonds. The first-order chi connectivity index (χ1) is 11.2. The van der Waals surface area contributed by atoms with Crippen LogP contribution >= 0.6 is 0 Å². The van der Waals surface area contributed by atoms with E-state index in [9.17, 15) is 4.79 Å². The van der Waals surface area contributed by atoms with Crippen molar-refractivity contribution >= 4 is 5.91 Å². The van der Waals surface area contributed by atoms with Gasteiger partial charge in [-0.25, -0.2) is 0 Å². The fraction of sp³-hybridized carbons (Fsp3) is 0.158. The highest BCUT2D eigenvalue weighted by Crippen LogP contribution is 2.24. The van der Waals surface area contributed by atoms with Crippen molar-refractivity contribution in [2.45, 2.75) is 13.5 Å². The van der Waals surface area contributed by atoms with Gasteiger partial charge in [0.15, 0.2) is 0 Å². The molecule has 23 heavy (non-hydrogen) atoms. The Morgan fingerprint density at radius 1 is 1.09 bits per heavy atom. The van der Waals surface area contributed by atoms with Crippen LogP contribution in [0, 0.1) is 6.92 Å². The maximum atomic E-state index is 12.9. The molecule has 0 aliphatic rings. The van der Waals surface area contributed by atoms with Gasteiger partial charge < -0.3 is 4.90 Å². The molecule has 4 heteroatoms. The van der Waals surface area contributed by atoms with Crippen LogP contribution in [0.3, 0.4) is 0 Å². The van der Waals surface area contributed by atoms with Gasteiger partial charge in [0.2, 0.25) is 0 Å². The second-order valence-corrected chi connectivity index (χ2v) is 5.59. The summed E-state index contributed by atoms with van der Waals surface area (Å²) in [4.78, 5) is 14.6. The van der Waals surface area contributed by atoms with E-state index in [1.54, 1.807) is 11.1 Å². The minimum absolute atomic E-state index is 0.00468. The first-order valence-electron chi connectivity index (χ1n) is 7.55. The molecule has 0 aliphatic heterocycles. The normalized spacial score (nSPS) is 10.5. The number of nitrogens with zero attached hydrogens (tertiary/aromatic N) is 2. The van der Waals surface area contributed by atoms with E-state index in [4.69, 9.17) is 0 Å². The van der Waals surface area contributed by atoms with Crippen LogP contribution in [0.4, 0.5) is 0 Å². The third kappa shape index (κ3) is 3.16. The van der Waals surface area contributed by atoms with Crippen LogP contribution in [0.1, 0.15) is 21.6 Å². The van der Waals surface area contributed by atoms with Crippen molar-refractivity contribution in [1.29, 1.82) is 0 Å². The van der Waals surface area contributed by atoms with E-state index < -0.39 is 0 Å². The Morgan fingerprint density at radius 3 is 2.48 bits per heavy atom. The second kappa shape index (κ2) is 6.48. The SMILES string of the molecule is Cc1[nH]ncc1CN(C)C(=O)c1ccccc1-c1ccccc1. The average Bonchev–Trinajstić information content (AvgIpc) is 3.00. The quantitative estimate of drug-likeness (QED) is 0.799. The van der Waals surface area contributed by atoms with Crippen molar-refractivity contribution in [3.63, 3.8) is 0 Å². The molecular formula is C19H19N3O. The molecular weight excluding hydrogens is 286 g/mol. The topological polar surface area (TPSA) is 49.0 Å². The molecule has 0 aliphatic carbocycles. The number of benzene rings is 2. The van der Waals surface area contributed by atoms with E-state index in [1.165, 1.54) is 0 Å². The molecule has 1 aromatic heterocycles. The van der Waals surface area contributed by atoms with E-state index in [0.29, 0.717) is 12.1 Å². The number of nitrogens with one attached hydrogen (secondary N) is 1. The van der Waals surface area contributed by atoms with Gasteiger partial charge in [0.25, 0.3) is 5.91 Å². The summed E-state index contributed by atoms with van der Waals surface area (Å²) in [5.41, 5.74) is 4.72. The zero-order valence-electron chi connectivity index (χ0n) is 13.3. The maximum Gasteiger partial charge on any atom is 0.254 e. The van der Waals surface area contributed by atoms with Crippen molar-refractivity contribution in [1.82, 2.24) is 15.1 Å². The molecule has 4 nitrogen and oxygen atoms in total. The fourth-order valence-corrected chi connectivity index (χ4v) is 2.61. The largest absolute Gasteiger partial charge is 0.337 e. The highest BCUT2D eigenvalue weighted by Gasteiger charge is 2.17. The molecule has 0 atom stereocenters. The van der Waals surface area contributed by atoms with Gasteiger partial charge in [-0.15, -0.1) is 0 Å². The molecule has 0 saturated carbocycles. The lowest BCUT2D eigenvalue weighted by Crippen LogP contribution is -2.26. The van der Waals surface area contributed by atoms with Crippen LogP contribution < -0.4 is 0 Å². The lowest BCUT2D eigenvalue weighted by Gasteiger charge is -2.19. The molecule has 0 radical (unpaired) electrons. The summed E-state index contributed by atoms with van der Waals surface area (Å²) in [6, 6.07) is 17.7. The van der Waals surface area contributed by atoms with Crippen LogP contribution in [0.25, 0.3) is 11.1 Å². The first-order valence-corrected chi connectivity index (χ1v) is 7.55. The summed E-state index contributed by atoms with van der Waals surface area (Å²) in [6.45, 7) is 2.49. The molecule has 0 spiro atoms. The van der Waals surface area contributed by atoms with Gasteiger partial charge in [0.05, 0.1) is 6.20 Å². The number of H-pyrrole nitrogens is 1. The van der Waals surface area contributed by atoms with Gasteiger partial charge in [0.1, 0.15) is 0 Å². The molecule has 116 valence electrons. The minimum atomic E-state index is 0.00468. The van der Waals surface area contributed by atoms with Crippen molar-refractivity contribution in [3.05, 3.63) is 77.6 Å². The summed E-state index contributed by atoms with van der Waals surface area (Å²) >= 11 is 0. The molecule has 1 heterocycles. The zero-order chi connectivity index (χ0) is 16.2. The van der Waals surface area contributed by atoms with E-state index in [-0.39, 0.29) is 5.91 Å². The van der Waals surface area contributed by atoms with Crippen LogP contribution in [0.2, 0.25) is 0 Å². The Kier molecular flexibility index (Phi) is 4.24. The Bertz CT molecular complexity index is 808. The lowest BCUT2D eigenvalue weighted by atomic mass is 9.99. The molecule has 3 rings (SSSR count). The fourth-order valence-electron chi connectivity index (χ4n) is 2.61.